The van der Waals surface area contributed by atoms with Crippen LogP contribution in [0.15, 0.2) is 18.3 Å². The highest BCUT2D eigenvalue weighted by molar-refractivity contribution is 6.01. The molecule has 0 aliphatic rings. The van der Waals surface area contributed by atoms with Gasteiger partial charge in [0.25, 0.3) is 5.91 Å². The van der Waals surface area contributed by atoms with Gasteiger partial charge in [-0.3, -0.25) is 9.89 Å². The molecule has 0 saturated heterocycles. The van der Waals surface area contributed by atoms with Crippen LogP contribution in [0.2, 0.25) is 0 Å². The van der Waals surface area contributed by atoms with Crippen LogP contribution in [-0.2, 0) is 0 Å². The minimum absolute atomic E-state index is 0.0295. The largest absolute Gasteiger partial charge is 0.318 e. The average Bonchev–Trinajstić information content (AvgIpc) is 2.68. The van der Waals surface area contributed by atoms with E-state index in [0.29, 0.717) is 11.5 Å². The predicted octanol–water partition coefficient (Wildman–Crippen LogP) is 0.900. The van der Waals surface area contributed by atoms with Gasteiger partial charge in [-0.15, -0.1) is 5.10 Å². The zero-order valence-electron chi connectivity index (χ0n) is 8.36. The van der Waals surface area contributed by atoms with E-state index >= 15 is 0 Å². The first-order chi connectivity index (χ1) is 7.65. The van der Waals surface area contributed by atoms with E-state index in [1.165, 1.54) is 12.3 Å². The van der Waals surface area contributed by atoms with Gasteiger partial charge < -0.3 is 5.32 Å². The SMILES string of the molecule is Cc1nc(C(=O)Nc2ccc(F)nc2)n[nH]1. The molecule has 2 aromatic rings. The van der Waals surface area contributed by atoms with Crippen molar-refractivity contribution in [1.82, 2.24) is 20.2 Å². The molecule has 0 saturated carbocycles. The lowest BCUT2D eigenvalue weighted by molar-refractivity contribution is 0.101. The molecule has 6 nitrogen and oxygen atoms in total. The number of pyridine rings is 1. The number of carbonyl (C=O) groups excluding carboxylic acids is 1. The van der Waals surface area contributed by atoms with Gasteiger partial charge in [-0.25, -0.2) is 9.97 Å². The van der Waals surface area contributed by atoms with Crippen molar-refractivity contribution in [2.24, 2.45) is 0 Å². The van der Waals surface area contributed by atoms with Gasteiger partial charge >= 0.3 is 0 Å². The van der Waals surface area contributed by atoms with Crippen LogP contribution in [0.25, 0.3) is 0 Å². The summed E-state index contributed by atoms with van der Waals surface area (Å²) in [6.07, 6.45) is 1.22. The third kappa shape index (κ3) is 2.19. The van der Waals surface area contributed by atoms with Crippen molar-refractivity contribution < 1.29 is 9.18 Å². The Hall–Kier alpha value is -2.31. The third-order valence-corrected chi connectivity index (χ3v) is 1.79. The Morgan fingerprint density at radius 2 is 2.31 bits per heavy atom. The van der Waals surface area contributed by atoms with Crippen LogP contribution in [0.4, 0.5) is 10.1 Å². The Morgan fingerprint density at radius 3 is 2.88 bits per heavy atom. The zero-order valence-corrected chi connectivity index (χ0v) is 8.36. The smallest absolute Gasteiger partial charge is 0.295 e. The van der Waals surface area contributed by atoms with Gasteiger partial charge in [0, 0.05) is 0 Å². The number of halogens is 1. The molecule has 7 heteroatoms. The quantitative estimate of drug-likeness (QED) is 0.738. The summed E-state index contributed by atoms with van der Waals surface area (Å²) in [5, 5.41) is 8.72. The maximum absolute atomic E-state index is 12.5. The van der Waals surface area contributed by atoms with E-state index in [2.05, 4.69) is 25.5 Å². The van der Waals surface area contributed by atoms with Crippen LogP contribution < -0.4 is 5.32 Å². The molecule has 82 valence electrons. The molecule has 0 radical (unpaired) electrons. The zero-order chi connectivity index (χ0) is 11.5. The molecule has 0 fully saturated rings. The average molecular weight is 221 g/mol. The fourth-order valence-corrected chi connectivity index (χ4v) is 1.08. The molecular weight excluding hydrogens is 213 g/mol. The number of carbonyl (C=O) groups is 1. The Morgan fingerprint density at radius 1 is 1.50 bits per heavy atom. The lowest BCUT2D eigenvalue weighted by Crippen LogP contribution is -2.14. The van der Waals surface area contributed by atoms with E-state index in [4.69, 9.17) is 0 Å². The highest BCUT2D eigenvalue weighted by atomic mass is 19.1. The van der Waals surface area contributed by atoms with Crippen LogP contribution in [0.3, 0.4) is 0 Å². The summed E-state index contributed by atoms with van der Waals surface area (Å²) >= 11 is 0. The van der Waals surface area contributed by atoms with Crippen LogP contribution >= 0.6 is 0 Å². The molecular formula is C9H8FN5O. The first-order valence-corrected chi connectivity index (χ1v) is 4.47. The molecule has 0 atom stereocenters. The summed E-state index contributed by atoms with van der Waals surface area (Å²) in [5.41, 5.74) is 0.383. The van der Waals surface area contributed by atoms with Crippen molar-refractivity contribution in [3.8, 4) is 0 Å². The predicted molar refractivity (Wildman–Crippen MR) is 53.3 cm³/mol. The summed E-state index contributed by atoms with van der Waals surface area (Å²) in [6.45, 7) is 1.68. The number of hydrogen-bond donors (Lipinski definition) is 2. The number of aryl methyl sites for hydroxylation is 1. The van der Waals surface area contributed by atoms with Crippen LogP contribution in [0, 0.1) is 12.9 Å². The normalized spacial score (nSPS) is 10.1. The molecule has 2 N–H and O–H groups in total. The Balaban J connectivity index is 2.10. The highest BCUT2D eigenvalue weighted by Gasteiger charge is 2.11. The fraction of sp³-hybridized carbons (Fsp3) is 0.111. The number of nitrogens with zero attached hydrogens (tertiary/aromatic N) is 3. The van der Waals surface area contributed by atoms with Gasteiger partial charge in [0.15, 0.2) is 0 Å². The molecule has 0 aliphatic carbocycles. The summed E-state index contributed by atoms with van der Waals surface area (Å²) < 4.78 is 12.5. The van der Waals surface area contributed by atoms with Gasteiger partial charge in [0.05, 0.1) is 11.9 Å². The molecule has 2 aromatic heterocycles. The number of rotatable bonds is 2. The molecule has 0 bridgehead atoms. The van der Waals surface area contributed by atoms with Gasteiger partial charge in [-0.2, -0.15) is 4.39 Å². The van der Waals surface area contributed by atoms with E-state index in [0.717, 1.165) is 6.07 Å². The summed E-state index contributed by atoms with van der Waals surface area (Å²) in [7, 11) is 0. The molecule has 0 unspecified atom stereocenters. The minimum Gasteiger partial charge on any atom is -0.318 e. The first-order valence-electron chi connectivity index (χ1n) is 4.47. The maximum atomic E-state index is 12.5. The summed E-state index contributed by atoms with van der Waals surface area (Å²) in [5.74, 6) is -0.506. The molecule has 16 heavy (non-hydrogen) atoms. The fourth-order valence-electron chi connectivity index (χ4n) is 1.08. The molecule has 2 heterocycles. The van der Waals surface area contributed by atoms with Crippen LogP contribution in [0.1, 0.15) is 16.4 Å². The number of H-pyrrole nitrogens is 1. The molecule has 2 rings (SSSR count). The van der Waals surface area contributed by atoms with Crippen LogP contribution in [-0.4, -0.2) is 26.1 Å². The van der Waals surface area contributed by atoms with E-state index in [9.17, 15) is 9.18 Å². The van der Waals surface area contributed by atoms with Crippen molar-refractivity contribution >= 4 is 11.6 Å². The lowest BCUT2D eigenvalue weighted by atomic mass is 10.4. The number of amides is 1. The summed E-state index contributed by atoms with van der Waals surface area (Å²) in [6, 6.07) is 2.55. The Kier molecular flexibility index (Phi) is 2.59. The van der Waals surface area contributed by atoms with Crippen LogP contribution in [0.5, 0.6) is 0 Å². The number of aromatic amines is 1. The topological polar surface area (TPSA) is 83.6 Å². The van der Waals surface area contributed by atoms with Crippen molar-refractivity contribution in [2.45, 2.75) is 6.92 Å². The second kappa shape index (κ2) is 4.05. The lowest BCUT2D eigenvalue weighted by Gasteiger charge is -2.00. The molecule has 0 spiro atoms. The van der Waals surface area contributed by atoms with Crippen molar-refractivity contribution in [2.75, 3.05) is 5.32 Å². The Labute approximate surface area is 89.9 Å². The minimum atomic E-state index is -0.605. The van der Waals surface area contributed by atoms with Gasteiger partial charge in [-0.1, -0.05) is 0 Å². The van der Waals surface area contributed by atoms with E-state index in [1.54, 1.807) is 6.92 Å². The van der Waals surface area contributed by atoms with Gasteiger partial charge in [0.2, 0.25) is 11.8 Å². The molecule has 1 amide bonds. The second-order valence-electron chi connectivity index (χ2n) is 3.07. The van der Waals surface area contributed by atoms with Crippen molar-refractivity contribution in [3.05, 3.63) is 35.9 Å². The maximum Gasteiger partial charge on any atom is 0.295 e. The highest BCUT2D eigenvalue weighted by Crippen LogP contribution is 2.06. The number of hydrogen-bond acceptors (Lipinski definition) is 4. The van der Waals surface area contributed by atoms with Crippen molar-refractivity contribution in [1.29, 1.82) is 0 Å². The van der Waals surface area contributed by atoms with E-state index in [-0.39, 0.29) is 5.82 Å². The summed E-state index contributed by atoms with van der Waals surface area (Å²) in [4.78, 5) is 18.8. The van der Waals surface area contributed by atoms with Gasteiger partial charge in [0.1, 0.15) is 5.82 Å². The Bertz CT molecular complexity index is 507. The van der Waals surface area contributed by atoms with Gasteiger partial charge in [-0.05, 0) is 19.1 Å². The standard InChI is InChI=1S/C9H8FN5O/c1-5-12-8(15-14-5)9(16)13-6-2-3-7(10)11-4-6/h2-4H,1H3,(H,13,16)(H,12,14,15). The van der Waals surface area contributed by atoms with E-state index in [1.807, 2.05) is 0 Å². The number of anilines is 1. The van der Waals surface area contributed by atoms with E-state index < -0.39 is 11.9 Å². The number of aromatic nitrogens is 4. The first kappa shape index (κ1) is 10.2. The second-order valence-corrected chi connectivity index (χ2v) is 3.07. The molecule has 0 aliphatic heterocycles. The number of nitrogens with one attached hydrogen (secondary N) is 2. The third-order valence-electron chi connectivity index (χ3n) is 1.79. The monoisotopic (exact) mass is 221 g/mol. The van der Waals surface area contributed by atoms with Crippen molar-refractivity contribution in [3.63, 3.8) is 0 Å². The molecule has 0 aromatic carbocycles.